The third kappa shape index (κ3) is 10.3. The first-order chi connectivity index (χ1) is 15.4. The van der Waals surface area contributed by atoms with Gasteiger partial charge in [-0.15, -0.1) is 0 Å². The quantitative estimate of drug-likeness (QED) is 0.498. The van der Waals surface area contributed by atoms with Crippen LogP contribution in [-0.2, 0) is 43.5 Å². The third-order valence-electron chi connectivity index (χ3n) is 4.50. The molecule has 6 nitrogen and oxygen atoms in total. The summed E-state index contributed by atoms with van der Waals surface area (Å²) in [5.41, 5.74) is 1.86. The Labute approximate surface area is 207 Å². The summed E-state index contributed by atoms with van der Waals surface area (Å²) >= 11 is -0.256. The minimum atomic E-state index is -4.27. The third-order valence-corrected chi connectivity index (χ3v) is 9.98. The van der Waals surface area contributed by atoms with Crippen molar-refractivity contribution in [2.45, 2.75) is 30.9 Å². The van der Waals surface area contributed by atoms with Crippen LogP contribution in [0.2, 0.25) is 7.25 Å². The molecule has 2 aliphatic carbocycles. The molecule has 0 amide bonds. The van der Waals surface area contributed by atoms with Gasteiger partial charge in [-0.05, 0) is 38.1 Å². The van der Waals surface area contributed by atoms with Gasteiger partial charge < -0.3 is 9.11 Å². The molecule has 9 heteroatoms. The molecule has 0 heterocycles. The van der Waals surface area contributed by atoms with Gasteiger partial charge in [0.1, 0.15) is 20.2 Å². The first-order valence-electron chi connectivity index (χ1n) is 9.96. The van der Waals surface area contributed by atoms with E-state index in [2.05, 4.69) is 48.6 Å². The predicted molar refractivity (Wildman–Crippen MR) is 122 cm³/mol. The maximum absolute atomic E-state index is 10.4. The van der Waals surface area contributed by atoms with Gasteiger partial charge in [0.15, 0.2) is 0 Å². The maximum atomic E-state index is 10.4. The smallest absolute Gasteiger partial charge is 0.124 e. The molecule has 0 fully saturated rings. The molecule has 0 spiro atoms. The van der Waals surface area contributed by atoms with Crippen molar-refractivity contribution in [3.8, 4) is 0 Å². The number of hydrogen-bond donors (Lipinski definition) is 0. The largest absolute Gasteiger partial charge is 0.744 e. The van der Waals surface area contributed by atoms with Crippen molar-refractivity contribution in [1.82, 2.24) is 0 Å². The molecular formula is C24H24O6S2Zr. The van der Waals surface area contributed by atoms with Gasteiger partial charge in [-0.2, -0.15) is 0 Å². The zero-order valence-corrected chi connectivity index (χ0v) is 22.2. The molecule has 0 saturated heterocycles. The molecular weight excluding hydrogens is 540 g/mol. The first kappa shape index (κ1) is 27.3. The average molecular weight is 564 g/mol. The summed E-state index contributed by atoms with van der Waals surface area (Å²) in [5.74, 6) is 0. The molecule has 0 atom stereocenters. The summed E-state index contributed by atoms with van der Waals surface area (Å²) in [4.78, 5) is -0.355. The Morgan fingerprint density at radius 3 is 1.09 bits per heavy atom. The summed E-state index contributed by atoms with van der Waals surface area (Å²) in [6.45, 7) is 3.64. The van der Waals surface area contributed by atoms with Crippen LogP contribution in [0.25, 0.3) is 0 Å². The Kier molecular flexibility index (Phi) is 10.4. The van der Waals surface area contributed by atoms with Gasteiger partial charge in [0.25, 0.3) is 0 Å². The second-order valence-electron chi connectivity index (χ2n) is 7.29. The van der Waals surface area contributed by atoms with Crippen LogP contribution in [0, 0.1) is 13.8 Å². The van der Waals surface area contributed by atoms with E-state index in [1.54, 1.807) is 24.3 Å². The standard InChI is InChI=1S/2C7H8O3S.2C5H5.Zr/c2*1-6-2-4-7(5-3-6)11(8,9)10;2*1-2-4-5-3-1;/h2*2-5H,1H3,(H,8,9,10);2*1-5H;/q;;;;+2/p-2. The summed E-state index contributed by atoms with van der Waals surface area (Å²) in [5, 5.41) is 0. The van der Waals surface area contributed by atoms with Gasteiger partial charge in [-0.3, -0.25) is 0 Å². The van der Waals surface area contributed by atoms with Crippen molar-refractivity contribution >= 4 is 20.2 Å². The zero-order chi connectivity index (χ0) is 24.5. The van der Waals surface area contributed by atoms with E-state index in [1.807, 2.05) is 13.8 Å². The van der Waals surface area contributed by atoms with Crippen LogP contribution in [0.3, 0.4) is 0 Å². The number of rotatable bonds is 4. The zero-order valence-electron chi connectivity index (χ0n) is 18.2. The van der Waals surface area contributed by atoms with Crippen molar-refractivity contribution in [3.63, 3.8) is 0 Å². The van der Waals surface area contributed by atoms with Crippen LogP contribution in [0.15, 0.2) is 107 Å². The monoisotopic (exact) mass is 562 g/mol. The van der Waals surface area contributed by atoms with Gasteiger partial charge in [-0.25, -0.2) is 16.8 Å². The second-order valence-corrected chi connectivity index (χ2v) is 14.1. The molecule has 2 aromatic rings. The van der Waals surface area contributed by atoms with Crippen molar-refractivity contribution < 1.29 is 49.2 Å². The van der Waals surface area contributed by atoms with Crippen LogP contribution in [-0.4, -0.2) is 25.9 Å². The molecule has 0 unspecified atom stereocenters. The predicted octanol–water partition coefficient (Wildman–Crippen LogP) is 4.70. The van der Waals surface area contributed by atoms with E-state index >= 15 is 0 Å². The summed E-state index contributed by atoms with van der Waals surface area (Å²) < 4.78 is 64.0. The topological polar surface area (TPSA) is 114 Å². The maximum Gasteiger partial charge on any atom is 0.124 e. The molecule has 0 radical (unpaired) electrons. The van der Waals surface area contributed by atoms with E-state index in [4.69, 9.17) is 0 Å². The molecule has 2 aromatic carbocycles. The molecule has 172 valence electrons. The molecule has 0 saturated carbocycles. The van der Waals surface area contributed by atoms with Crippen LogP contribution in [0.5, 0.6) is 0 Å². The summed E-state index contributed by atoms with van der Waals surface area (Å²) in [6, 6.07) is 11.6. The van der Waals surface area contributed by atoms with Crippen molar-refractivity contribution in [1.29, 1.82) is 0 Å². The van der Waals surface area contributed by atoms with Gasteiger partial charge in [0, 0.05) is 0 Å². The van der Waals surface area contributed by atoms with Crippen molar-refractivity contribution in [2.75, 3.05) is 0 Å². The molecule has 0 N–H and O–H groups in total. The van der Waals surface area contributed by atoms with Crippen LogP contribution in [0.1, 0.15) is 11.1 Å². The summed E-state index contributed by atoms with van der Waals surface area (Å²) in [6.07, 6.45) is 18.1. The van der Waals surface area contributed by atoms with Crippen molar-refractivity contribution in [3.05, 3.63) is 108 Å². The van der Waals surface area contributed by atoms with E-state index in [1.165, 1.54) is 24.3 Å². The van der Waals surface area contributed by atoms with E-state index in [0.717, 1.165) is 18.4 Å². The minimum absolute atomic E-state index is 0.178. The van der Waals surface area contributed by atoms with Crippen LogP contribution < -0.4 is 0 Å². The number of aryl methyl sites for hydroxylation is 2. The molecule has 33 heavy (non-hydrogen) atoms. The Bertz CT molecular complexity index is 1120. The summed E-state index contributed by atoms with van der Waals surface area (Å²) in [7, 11) is -8.54. The van der Waals surface area contributed by atoms with E-state index in [-0.39, 0.29) is 33.0 Å². The van der Waals surface area contributed by atoms with Crippen LogP contribution in [0.4, 0.5) is 0 Å². The Morgan fingerprint density at radius 2 is 0.848 bits per heavy atom. The molecule has 0 aromatic heterocycles. The Balaban J connectivity index is 0.000000175. The van der Waals surface area contributed by atoms with Crippen molar-refractivity contribution in [2.24, 2.45) is 0 Å². The SMILES string of the molecule is C1=C[CH]([Zr+2][CH]2C=CC=C2)C=C1.Cc1ccc(S(=O)(=O)[O-])cc1.Cc1ccc(S(=O)(=O)[O-])cc1. The van der Waals surface area contributed by atoms with Crippen LogP contribution >= 0.6 is 0 Å². The van der Waals surface area contributed by atoms with E-state index in [0.29, 0.717) is 0 Å². The fourth-order valence-corrected chi connectivity index (χ4v) is 6.93. The fraction of sp³-hybridized carbons (Fsp3) is 0.167. The number of allylic oxidation sites excluding steroid dienone is 8. The molecule has 0 aliphatic heterocycles. The van der Waals surface area contributed by atoms with Gasteiger partial charge in [0.05, 0.1) is 9.79 Å². The van der Waals surface area contributed by atoms with Gasteiger partial charge in [-0.1, -0.05) is 35.4 Å². The molecule has 0 bridgehead atoms. The van der Waals surface area contributed by atoms with E-state index in [9.17, 15) is 25.9 Å². The fourth-order valence-electron chi connectivity index (χ4n) is 2.72. The average Bonchev–Trinajstić information content (AvgIpc) is 3.43. The Hall–Kier alpha value is -1.90. The molecule has 4 rings (SSSR count). The minimum Gasteiger partial charge on any atom is -0.744 e. The van der Waals surface area contributed by atoms with Gasteiger partial charge >= 0.3 is 79.1 Å². The van der Waals surface area contributed by atoms with Gasteiger partial charge in [0.2, 0.25) is 0 Å². The van der Waals surface area contributed by atoms with E-state index < -0.39 is 20.2 Å². The number of benzene rings is 2. The second kappa shape index (κ2) is 12.5. The number of hydrogen-bond acceptors (Lipinski definition) is 6. The molecule has 2 aliphatic rings. The normalized spacial score (nSPS) is 14.9. The first-order valence-corrected chi connectivity index (χ1v) is 15.6. The Morgan fingerprint density at radius 1 is 0.576 bits per heavy atom.